The van der Waals surface area contributed by atoms with Crippen molar-refractivity contribution in [3.05, 3.63) is 36.2 Å². The Hall–Kier alpha value is -1.66. The lowest BCUT2D eigenvalue weighted by atomic mass is 10.1. The predicted molar refractivity (Wildman–Crippen MR) is 74.2 cm³/mol. The van der Waals surface area contributed by atoms with Gasteiger partial charge in [-0.05, 0) is 18.9 Å². The molecule has 0 aliphatic rings. The minimum atomic E-state index is -0.0416. The molecule has 0 spiro atoms. The zero-order valence-corrected chi connectivity index (χ0v) is 11.5. The summed E-state index contributed by atoms with van der Waals surface area (Å²) in [6.07, 6.45) is 8.47. The molecule has 19 heavy (non-hydrogen) atoms. The molecule has 2 aromatic rings. The molecule has 0 fully saturated rings. The highest BCUT2D eigenvalue weighted by Crippen LogP contribution is 2.17. The van der Waals surface area contributed by atoms with Crippen LogP contribution in [0.15, 0.2) is 24.7 Å². The van der Waals surface area contributed by atoms with E-state index in [0.29, 0.717) is 6.04 Å². The summed E-state index contributed by atoms with van der Waals surface area (Å²) in [6.45, 7) is 4.37. The number of nitrogens with two attached hydrogens (primary N) is 1. The van der Waals surface area contributed by atoms with Crippen LogP contribution in [0.5, 0.6) is 0 Å². The minimum Gasteiger partial charge on any atom is -0.347 e. The Balaban J connectivity index is 2.06. The number of rotatable bonds is 7. The number of hydrogen-bond acceptors (Lipinski definition) is 4. The molecular weight excluding hydrogens is 240 g/mol. The number of nitrogens with zero attached hydrogens (tertiary/aromatic N) is 3. The molecule has 1 unspecified atom stereocenters. The summed E-state index contributed by atoms with van der Waals surface area (Å²) in [6, 6.07) is 2.48. The quantitative estimate of drug-likeness (QED) is 0.524. The van der Waals surface area contributed by atoms with Gasteiger partial charge in [-0.1, -0.05) is 13.8 Å². The molecule has 0 aromatic carbocycles. The molecule has 0 saturated heterocycles. The molecule has 0 amide bonds. The maximum absolute atomic E-state index is 5.59. The summed E-state index contributed by atoms with van der Waals surface area (Å²) >= 11 is 0. The van der Waals surface area contributed by atoms with Crippen molar-refractivity contribution >= 4 is 0 Å². The van der Waals surface area contributed by atoms with Crippen molar-refractivity contribution in [2.45, 2.75) is 45.2 Å². The third-order valence-corrected chi connectivity index (χ3v) is 3.44. The molecule has 2 aromatic heterocycles. The molecule has 2 heterocycles. The van der Waals surface area contributed by atoms with Crippen LogP contribution in [-0.4, -0.2) is 19.7 Å². The third kappa shape index (κ3) is 3.21. The van der Waals surface area contributed by atoms with Gasteiger partial charge in [0.2, 0.25) is 0 Å². The van der Waals surface area contributed by atoms with Gasteiger partial charge in [0.15, 0.2) is 0 Å². The lowest BCUT2D eigenvalue weighted by molar-refractivity contribution is 0.421. The van der Waals surface area contributed by atoms with Gasteiger partial charge in [0, 0.05) is 25.0 Å². The van der Waals surface area contributed by atoms with Crippen LogP contribution in [0.3, 0.4) is 0 Å². The smallest absolute Gasteiger partial charge is 0.124 e. The fourth-order valence-corrected chi connectivity index (χ4v) is 2.26. The van der Waals surface area contributed by atoms with Crippen molar-refractivity contribution in [1.82, 2.24) is 25.2 Å². The topological polar surface area (TPSA) is 84.5 Å². The van der Waals surface area contributed by atoms with Crippen LogP contribution in [0.4, 0.5) is 0 Å². The van der Waals surface area contributed by atoms with Crippen molar-refractivity contribution in [3.63, 3.8) is 0 Å². The molecule has 104 valence electrons. The molecule has 2 rings (SSSR count). The highest BCUT2D eigenvalue weighted by molar-refractivity contribution is 5.06. The molecule has 0 saturated carbocycles. The first-order valence-corrected chi connectivity index (χ1v) is 6.77. The fraction of sp³-hybridized carbons (Fsp3) is 0.538. The van der Waals surface area contributed by atoms with Gasteiger partial charge in [-0.3, -0.25) is 10.5 Å². The molecule has 1 atom stereocenters. The first-order chi connectivity index (χ1) is 9.28. The predicted octanol–water partition coefficient (Wildman–Crippen LogP) is 1.71. The monoisotopic (exact) mass is 262 g/mol. The van der Waals surface area contributed by atoms with E-state index < -0.39 is 0 Å². The third-order valence-electron chi connectivity index (χ3n) is 3.44. The summed E-state index contributed by atoms with van der Waals surface area (Å²) in [5, 5.41) is 4.63. The van der Waals surface area contributed by atoms with Crippen molar-refractivity contribution in [3.8, 4) is 0 Å². The van der Waals surface area contributed by atoms with E-state index in [-0.39, 0.29) is 6.04 Å². The van der Waals surface area contributed by atoms with Gasteiger partial charge in [-0.25, -0.2) is 10.4 Å². The van der Waals surface area contributed by atoms with Crippen LogP contribution in [-0.2, 0) is 6.42 Å². The molecule has 6 nitrogen and oxygen atoms in total. The van der Waals surface area contributed by atoms with E-state index in [1.54, 1.807) is 12.4 Å². The van der Waals surface area contributed by atoms with Crippen LogP contribution in [0.2, 0.25) is 0 Å². The zero-order valence-electron chi connectivity index (χ0n) is 11.5. The summed E-state index contributed by atoms with van der Waals surface area (Å²) in [5.41, 5.74) is 3.80. The first kappa shape index (κ1) is 13.8. The second-order valence-electron chi connectivity index (χ2n) is 4.66. The summed E-state index contributed by atoms with van der Waals surface area (Å²) < 4.78 is 2.05. The first-order valence-electron chi connectivity index (χ1n) is 6.77. The van der Waals surface area contributed by atoms with Crippen molar-refractivity contribution in [2.24, 2.45) is 5.84 Å². The van der Waals surface area contributed by atoms with Crippen molar-refractivity contribution in [1.29, 1.82) is 0 Å². The summed E-state index contributed by atoms with van der Waals surface area (Å²) in [4.78, 5) is 7.30. The van der Waals surface area contributed by atoms with E-state index in [0.717, 1.165) is 30.8 Å². The molecule has 4 N–H and O–H groups in total. The van der Waals surface area contributed by atoms with E-state index in [2.05, 4.69) is 34.3 Å². The second kappa shape index (κ2) is 6.49. The number of nitrogens with one attached hydrogen (secondary N) is 2. The fourth-order valence-electron chi connectivity index (χ4n) is 2.26. The van der Waals surface area contributed by atoms with Gasteiger partial charge in [0.05, 0.1) is 17.8 Å². The van der Waals surface area contributed by atoms with Gasteiger partial charge in [-0.15, -0.1) is 0 Å². The lowest BCUT2D eigenvalue weighted by Gasteiger charge is -2.13. The lowest BCUT2D eigenvalue weighted by Crippen LogP contribution is -2.30. The zero-order chi connectivity index (χ0) is 13.7. The average molecular weight is 262 g/mol. The van der Waals surface area contributed by atoms with Crippen LogP contribution >= 0.6 is 0 Å². The molecule has 0 radical (unpaired) electrons. The second-order valence-corrected chi connectivity index (χ2v) is 4.66. The van der Waals surface area contributed by atoms with Gasteiger partial charge < -0.3 is 4.98 Å². The molecular formula is C13H22N6. The Kier molecular flexibility index (Phi) is 4.70. The van der Waals surface area contributed by atoms with Crippen LogP contribution in [0.1, 0.15) is 50.3 Å². The van der Waals surface area contributed by atoms with E-state index in [9.17, 15) is 0 Å². The standard InChI is InChI=1S/C13H22N6/c1-3-11(4-2)19-8-5-10(18-19)9-12(17-14)13-15-6-7-16-13/h5-8,11-12,17H,3-4,9,14H2,1-2H3,(H,15,16). The van der Waals surface area contributed by atoms with Gasteiger partial charge >= 0.3 is 0 Å². The Bertz CT molecular complexity index is 471. The summed E-state index contributed by atoms with van der Waals surface area (Å²) in [5.74, 6) is 6.42. The van der Waals surface area contributed by atoms with Crippen LogP contribution in [0, 0.1) is 0 Å². The van der Waals surface area contributed by atoms with Crippen molar-refractivity contribution in [2.75, 3.05) is 0 Å². The van der Waals surface area contributed by atoms with Crippen LogP contribution in [0.25, 0.3) is 0 Å². The number of H-pyrrole nitrogens is 1. The van der Waals surface area contributed by atoms with E-state index >= 15 is 0 Å². The minimum absolute atomic E-state index is 0.0416. The van der Waals surface area contributed by atoms with Crippen LogP contribution < -0.4 is 11.3 Å². The van der Waals surface area contributed by atoms with Crippen molar-refractivity contribution < 1.29 is 0 Å². The average Bonchev–Trinajstić information content (AvgIpc) is 3.09. The van der Waals surface area contributed by atoms with Gasteiger partial charge in [0.1, 0.15) is 5.82 Å². The number of aromatic amines is 1. The Labute approximate surface area is 113 Å². The number of hydrazine groups is 1. The van der Waals surface area contributed by atoms with Gasteiger partial charge in [-0.2, -0.15) is 5.10 Å². The van der Waals surface area contributed by atoms with E-state index in [1.807, 2.05) is 16.9 Å². The maximum atomic E-state index is 5.59. The molecule has 6 heteroatoms. The summed E-state index contributed by atoms with van der Waals surface area (Å²) in [7, 11) is 0. The Morgan fingerprint density at radius 3 is 2.79 bits per heavy atom. The number of aromatic nitrogens is 4. The Morgan fingerprint density at radius 2 is 2.21 bits per heavy atom. The Morgan fingerprint density at radius 1 is 1.42 bits per heavy atom. The van der Waals surface area contributed by atoms with Gasteiger partial charge in [0.25, 0.3) is 0 Å². The van der Waals surface area contributed by atoms with E-state index in [4.69, 9.17) is 5.84 Å². The number of hydrogen-bond donors (Lipinski definition) is 3. The highest BCUT2D eigenvalue weighted by atomic mass is 15.3. The number of imidazole rings is 1. The highest BCUT2D eigenvalue weighted by Gasteiger charge is 2.15. The molecule has 0 aliphatic carbocycles. The normalized spacial score (nSPS) is 13.1. The largest absolute Gasteiger partial charge is 0.347 e. The molecule has 0 aliphatic heterocycles. The maximum Gasteiger partial charge on any atom is 0.124 e. The molecule has 0 bridgehead atoms. The van der Waals surface area contributed by atoms with E-state index in [1.165, 1.54) is 0 Å². The SMILES string of the molecule is CCC(CC)n1ccc(CC(NN)c2ncc[nH]2)n1.